The van der Waals surface area contributed by atoms with E-state index in [0.29, 0.717) is 6.04 Å². The number of hydrogen-bond acceptors (Lipinski definition) is 3. The molecule has 0 aliphatic carbocycles. The van der Waals surface area contributed by atoms with Crippen molar-refractivity contribution in [3.63, 3.8) is 0 Å². The molecule has 0 unspecified atom stereocenters. The van der Waals surface area contributed by atoms with Gasteiger partial charge < -0.3 is 15.0 Å². The first-order chi connectivity index (χ1) is 6.72. The van der Waals surface area contributed by atoms with Gasteiger partial charge in [-0.2, -0.15) is 0 Å². The van der Waals surface area contributed by atoms with E-state index in [9.17, 15) is 0 Å². The average Bonchev–Trinajstić information content (AvgIpc) is 2.19. The van der Waals surface area contributed by atoms with E-state index in [1.165, 1.54) is 25.9 Å². The van der Waals surface area contributed by atoms with Crippen molar-refractivity contribution in [1.29, 1.82) is 0 Å². The predicted molar refractivity (Wildman–Crippen MR) is 57.5 cm³/mol. The maximum absolute atomic E-state index is 5.95. The van der Waals surface area contributed by atoms with E-state index in [1.807, 2.05) is 0 Å². The van der Waals surface area contributed by atoms with Crippen LogP contribution in [0.5, 0.6) is 0 Å². The van der Waals surface area contributed by atoms with Gasteiger partial charge in [-0.25, -0.2) is 0 Å². The van der Waals surface area contributed by atoms with Crippen molar-refractivity contribution < 1.29 is 4.74 Å². The van der Waals surface area contributed by atoms with Gasteiger partial charge in [0.25, 0.3) is 0 Å². The molecule has 2 fully saturated rings. The van der Waals surface area contributed by atoms with E-state index < -0.39 is 0 Å². The van der Waals surface area contributed by atoms with Gasteiger partial charge in [-0.05, 0) is 26.7 Å². The van der Waals surface area contributed by atoms with Crippen molar-refractivity contribution in [2.75, 3.05) is 32.8 Å². The number of piperidine rings is 1. The van der Waals surface area contributed by atoms with Crippen molar-refractivity contribution in [2.24, 2.45) is 0 Å². The van der Waals surface area contributed by atoms with Gasteiger partial charge in [0.1, 0.15) is 0 Å². The molecule has 0 bridgehead atoms. The first-order valence-corrected chi connectivity index (χ1v) is 5.81. The highest BCUT2D eigenvalue weighted by Gasteiger charge is 2.37. The monoisotopic (exact) mass is 198 g/mol. The molecule has 3 heteroatoms. The normalized spacial score (nSPS) is 28.5. The summed E-state index contributed by atoms with van der Waals surface area (Å²) in [6, 6.07) is 0.684. The zero-order valence-corrected chi connectivity index (χ0v) is 9.38. The van der Waals surface area contributed by atoms with E-state index in [1.54, 1.807) is 0 Å². The second-order valence-electron chi connectivity index (χ2n) is 4.84. The standard InChI is InChI=1S/C11H22N2O/c1-10(2)13-6-3-11(4-7-13)9-12-5-8-14-11/h10,12H,3-9H2,1-2H3. The second kappa shape index (κ2) is 4.17. The quantitative estimate of drug-likeness (QED) is 0.676. The summed E-state index contributed by atoms with van der Waals surface area (Å²) in [6.45, 7) is 9.91. The molecule has 2 saturated heterocycles. The molecule has 2 aliphatic rings. The Labute approximate surface area is 86.8 Å². The Morgan fingerprint density at radius 2 is 2.00 bits per heavy atom. The van der Waals surface area contributed by atoms with Crippen molar-refractivity contribution >= 4 is 0 Å². The zero-order valence-electron chi connectivity index (χ0n) is 9.38. The fraction of sp³-hybridized carbons (Fsp3) is 1.00. The van der Waals surface area contributed by atoms with E-state index >= 15 is 0 Å². The van der Waals surface area contributed by atoms with Gasteiger partial charge in [-0.3, -0.25) is 0 Å². The van der Waals surface area contributed by atoms with Crippen LogP contribution in [0.3, 0.4) is 0 Å². The van der Waals surface area contributed by atoms with Crippen LogP contribution < -0.4 is 5.32 Å². The smallest absolute Gasteiger partial charge is 0.0831 e. The molecule has 2 heterocycles. The lowest BCUT2D eigenvalue weighted by Crippen LogP contribution is -2.56. The molecule has 0 aromatic rings. The van der Waals surface area contributed by atoms with Gasteiger partial charge in [-0.1, -0.05) is 0 Å². The third-order valence-corrected chi connectivity index (χ3v) is 3.57. The summed E-state index contributed by atoms with van der Waals surface area (Å²) in [4.78, 5) is 2.54. The Morgan fingerprint density at radius 1 is 1.29 bits per heavy atom. The highest BCUT2D eigenvalue weighted by Crippen LogP contribution is 2.28. The molecule has 14 heavy (non-hydrogen) atoms. The lowest BCUT2D eigenvalue weighted by atomic mass is 9.89. The van der Waals surface area contributed by atoms with E-state index in [-0.39, 0.29) is 5.60 Å². The Kier molecular flexibility index (Phi) is 3.10. The van der Waals surface area contributed by atoms with Crippen LogP contribution in [0.4, 0.5) is 0 Å². The molecule has 0 saturated carbocycles. The van der Waals surface area contributed by atoms with Gasteiger partial charge >= 0.3 is 0 Å². The summed E-state index contributed by atoms with van der Waals surface area (Å²) in [6.07, 6.45) is 2.39. The third-order valence-electron chi connectivity index (χ3n) is 3.57. The molecule has 0 atom stereocenters. The molecular formula is C11H22N2O. The van der Waals surface area contributed by atoms with Crippen molar-refractivity contribution in [2.45, 2.75) is 38.3 Å². The Bertz CT molecular complexity index is 178. The number of hydrogen-bond donors (Lipinski definition) is 1. The van der Waals surface area contributed by atoms with E-state index in [2.05, 4.69) is 24.1 Å². The van der Waals surface area contributed by atoms with E-state index in [4.69, 9.17) is 4.74 Å². The highest BCUT2D eigenvalue weighted by atomic mass is 16.5. The molecule has 1 N–H and O–H groups in total. The number of likely N-dealkylation sites (tertiary alicyclic amines) is 1. The Balaban J connectivity index is 1.87. The fourth-order valence-electron chi connectivity index (χ4n) is 2.48. The maximum atomic E-state index is 5.95. The van der Waals surface area contributed by atoms with Crippen molar-refractivity contribution in [3.05, 3.63) is 0 Å². The summed E-state index contributed by atoms with van der Waals surface area (Å²) in [5, 5.41) is 3.45. The SMILES string of the molecule is CC(C)N1CCC2(CC1)CNCCO2. The Morgan fingerprint density at radius 3 is 2.50 bits per heavy atom. The minimum absolute atomic E-state index is 0.170. The van der Waals surface area contributed by atoms with Gasteiger partial charge in [0.2, 0.25) is 0 Å². The van der Waals surface area contributed by atoms with Gasteiger partial charge in [0.15, 0.2) is 0 Å². The average molecular weight is 198 g/mol. The topological polar surface area (TPSA) is 24.5 Å². The van der Waals surface area contributed by atoms with Crippen LogP contribution in [0.15, 0.2) is 0 Å². The lowest BCUT2D eigenvalue weighted by molar-refractivity contribution is -0.102. The van der Waals surface area contributed by atoms with Gasteiger partial charge in [0, 0.05) is 32.2 Å². The molecule has 1 spiro atoms. The minimum Gasteiger partial charge on any atom is -0.372 e. The first kappa shape index (κ1) is 10.4. The van der Waals surface area contributed by atoms with Crippen LogP contribution in [0, 0.1) is 0 Å². The van der Waals surface area contributed by atoms with Gasteiger partial charge in [-0.15, -0.1) is 0 Å². The summed E-state index contributed by atoms with van der Waals surface area (Å²) in [5.74, 6) is 0. The first-order valence-electron chi connectivity index (χ1n) is 5.81. The second-order valence-corrected chi connectivity index (χ2v) is 4.84. The molecular weight excluding hydrogens is 176 g/mol. The molecule has 0 aromatic carbocycles. The van der Waals surface area contributed by atoms with Crippen molar-refractivity contribution in [3.8, 4) is 0 Å². The summed E-state index contributed by atoms with van der Waals surface area (Å²) >= 11 is 0. The molecule has 2 rings (SSSR count). The summed E-state index contributed by atoms with van der Waals surface area (Å²) in [5.41, 5.74) is 0.170. The molecule has 82 valence electrons. The van der Waals surface area contributed by atoms with Crippen LogP contribution in [0.1, 0.15) is 26.7 Å². The van der Waals surface area contributed by atoms with Crippen LogP contribution in [-0.4, -0.2) is 49.3 Å². The summed E-state index contributed by atoms with van der Waals surface area (Å²) < 4.78 is 5.95. The third kappa shape index (κ3) is 2.10. The number of nitrogens with zero attached hydrogens (tertiary/aromatic N) is 1. The summed E-state index contributed by atoms with van der Waals surface area (Å²) in [7, 11) is 0. The number of rotatable bonds is 1. The molecule has 0 radical (unpaired) electrons. The minimum atomic E-state index is 0.170. The number of nitrogens with one attached hydrogen (secondary N) is 1. The predicted octanol–water partition coefficient (Wildman–Crippen LogP) is 0.849. The van der Waals surface area contributed by atoms with E-state index in [0.717, 1.165) is 19.7 Å². The Hall–Kier alpha value is -0.120. The van der Waals surface area contributed by atoms with Gasteiger partial charge in [0.05, 0.1) is 12.2 Å². The highest BCUT2D eigenvalue weighted by molar-refractivity contribution is 4.92. The lowest BCUT2D eigenvalue weighted by Gasteiger charge is -2.45. The molecule has 0 amide bonds. The van der Waals surface area contributed by atoms with Crippen LogP contribution >= 0.6 is 0 Å². The van der Waals surface area contributed by atoms with Crippen molar-refractivity contribution in [1.82, 2.24) is 10.2 Å². The zero-order chi connectivity index (χ0) is 10.0. The number of ether oxygens (including phenoxy) is 1. The molecule has 0 aromatic heterocycles. The van der Waals surface area contributed by atoms with Crippen LogP contribution in [-0.2, 0) is 4.74 Å². The largest absolute Gasteiger partial charge is 0.372 e. The molecule has 3 nitrogen and oxygen atoms in total. The maximum Gasteiger partial charge on any atom is 0.0831 e. The van der Waals surface area contributed by atoms with Crippen LogP contribution in [0.25, 0.3) is 0 Å². The molecule has 2 aliphatic heterocycles. The van der Waals surface area contributed by atoms with Crippen LogP contribution in [0.2, 0.25) is 0 Å². The number of morpholine rings is 1. The fourth-order valence-corrected chi connectivity index (χ4v) is 2.48.